The van der Waals surface area contributed by atoms with Crippen LogP contribution in [-0.4, -0.2) is 36.3 Å². The summed E-state index contributed by atoms with van der Waals surface area (Å²) >= 11 is 0. The van der Waals surface area contributed by atoms with Crippen molar-refractivity contribution in [3.63, 3.8) is 0 Å². The fourth-order valence-corrected chi connectivity index (χ4v) is 1.63. The summed E-state index contributed by atoms with van der Waals surface area (Å²) in [5, 5.41) is 15.0. The molecule has 0 amide bonds. The number of nitrogens with two attached hydrogens (primary N) is 1. The zero-order valence-electron chi connectivity index (χ0n) is 8.57. The van der Waals surface area contributed by atoms with Crippen LogP contribution in [0.2, 0.25) is 0 Å². The second-order valence-electron chi connectivity index (χ2n) is 3.54. The van der Waals surface area contributed by atoms with Gasteiger partial charge in [-0.2, -0.15) is 0 Å². The van der Waals surface area contributed by atoms with E-state index in [0.717, 1.165) is 32.5 Å². The molecule has 0 aromatic heterocycles. The molecular weight excluding hydrogens is 182 g/mol. The number of rotatable bonds is 4. The molecule has 1 unspecified atom stereocenters. The molecule has 1 aliphatic heterocycles. The lowest BCUT2D eigenvalue weighted by atomic mass is 10.1. The first kappa shape index (κ1) is 11.3. The average molecular weight is 201 g/mol. The van der Waals surface area contributed by atoms with Crippen molar-refractivity contribution in [3.05, 3.63) is 0 Å². The number of hydrogen-bond acceptors (Lipinski definition) is 4. The van der Waals surface area contributed by atoms with Gasteiger partial charge in [-0.15, -0.1) is 0 Å². The molecule has 0 bridgehead atoms. The van der Waals surface area contributed by atoms with Crippen LogP contribution in [0.5, 0.6) is 0 Å². The first-order valence-electron chi connectivity index (χ1n) is 5.09. The van der Waals surface area contributed by atoms with Crippen LogP contribution in [0.4, 0.5) is 0 Å². The van der Waals surface area contributed by atoms with E-state index in [1.807, 2.05) is 6.92 Å². The molecule has 1 atom stereocenters. The van der Waals surface area contributed by atoms with Crippen LogP contribution in [0.1, 0.15) is 26.2 Å². The van der Waals surface area contributed by atoms with Crippen LogP contribution in [0, 0.1) is 0 Å². The van der Waals surface area contributed by atoms with Gasteiger partial charge in [0.15, 0.2) is 5.84 Å². The Morgan fingerprint density at radius 1 is 1.64 bits per heavy atom. The smallest absolute Gasteiger partial charge is 0.156 e. The lowest BCUT2D eigenvalue weighted by molar-refractivity contribution is 0.0766. The maximum Gasteiger partial charge on any atom is 0.156 e. The molecule has 4 N–H and O–H groups in total. The van der Waals surface area contributed by atoms with Crippen molar-refractivity contribution in [2.75, 3.05) is 13.2 Å². The molecule has 0 aliphatic carbocycles. The molecule has 82 valence electrons. The summed E-state index contributed by atoms with van der Waals surface area (Å²) in [4.78, 5) is 0. The highest BCUT2D eigenvalue weighted by atomic mass is 16.5. The first-order valence-corrected chi connectivity index (χ1v) is 5.09. The van der Waals surface area contributed by atoms with Gasteiger partial charge in [0.2, 0.25) is 0 Å². The second kappa shape index (κ2) is 5.82. The van der Waals surface area contributed by atoms with Crippen molar-refractivity contribution in [1.82, 2.24) is 5.32 Å². The molecule has 0 saturated carbocycles. The summed E-state index contributed by atoms with van der Waals surface area (Å²) in [6.45, 7) is 3.60. The predicted molar refractivity (Wildman–Crippen MR) is 54.5 cm³/mol. The van der Waals surface area contributed by atoms with Gasteiger partial charge in [0.05, 0.1) is 6.04 Å². The Balaban J connectivity index is 2.38. The van der Waals surface area contributed by atoms with Crippen LogP contribution in [0.25, 0.3) is 0 Å². The molecule has 14 heavy (non-hydrogen) atoms. The number of nitrogens with one attached hydrogen (secondary N) is 1. The number of nitrogens with zero attached hydrogens (tertiary/aromatic N) is 1. The van der Waals surface area contributed by atoms with Gasteiger partial charge in [0.25, 0.3) is 0 Å². The largest absolute Gasteiger partial charge is 0.409 e. The van der Waals surface area contributed by atoms with E-state index in [1.54, 1.807) is 0 Å². The van der Waals surface area contributed by atoms with Gasteiger partial charge < -0.3 is 21.0 Å². The van der Waals surface area contributed by atoms with Gasteiger partial charge in [-0.3, -0.25) is 0 Å². The minimum Gasteiger partial charge on any atom is -0.409 e. The Kier molecular flexibility index (Phi) is 4.69. The first-order chi connectivity index (χ1) is 6.77. The SMILES string of the molecule is CCC(NC1CCOCC1)C(N)=NO. The molecule has 0 radical (unpaired) electrons. The molecule has 1 heterocycles. The van der Waals surface area contributed by atoms with Crippen molar-refractivity contribution in [3.8, 4) is 0 Å². The normalized spacial score (nSPS) is 22.2. The topological polar surface area (TPSA) is 79.9 Å². The molecule has 0 aromatic carbocycles. The molecular formula is C9H19N3O2. The third-order valence-corrected chi connectivity index (χ3v) is 2.54. The lowest BCUT2D eigenvalue weighted by Crippen LogP contribution is -2.48. The summed E-state index contributed by atoms with van der Waals surface area (Å²) in [7, 11) is 0. The predicted octanol–water partition coefficient (Wildman–Crippen LogP) is 0.280. The van der Waals surface area contributed by atoms with Crippen molar-refractivity contribution in [2.24, 2.45) is 10.9 Å². The Labute approximate surface area is 84.3 Å². The summed E-state index contributed by atoms with van der Waals surface area (Å²) in [5.74, 6) is 0.263. The number of amidine groups is 1. The fourth-order valence-electron chi connectivity index (χ4n) is 1.63. The second-order valence-corrected chi connectivity index (χ2v) is 3.54. The lowest BCUT2D eigenvalue weighted by Gasteiger charge is -2.27. The van der Waals surface area contributed by atoms with E-state index in [9.17, 15) is 0 Å². The third-order valence-electron chi connectivity index (χ3n) is 2.54. The van der Waals surface area contributed by atoms with Crippen molar-refractivity contribution in [2.45, 2.75) is 38.3 Å². The summed E-state index contributed by atoms with van der Waals surface area (Å²) in [6, 6.07) is 0.400. The molecule has 0 aromatic rings. The summed E-state index contributed by atoms with van der Waals surface area (Å²) in [6.07, 6.45) is 2.82. The van der Waals surface area contributed by atoms with Crippen LogP contribution < -0.4 is 11.1 Å². The van der Waals surface area contributed by atoms with Crippen molar-refractivity contribution >= 4 is 5.84 Å². The Bertz CT molecular complexity index is 190. The van der Waals surface area contributed by atoms with E-state index in [4.69, 9.17) is 15.7 Å². The molecule has 5 nitrogen and oxygen atoms in total. The van der Waals surface area contributed by atoms with Crippen LogP contribution in [0.3, 0.4) is 0 Å². The Hall–Kier alpha value is -0.810. The molecule has 1 rings (SSSR count). The summed E-state index contributed by atoms with van der Waals surface area (Å²) < 4.78 is 5.25. The van der Waals surface area contributed by atoms with Gasteiger partial charge in [-0.25, -0.2) is 0 Å². The van der Waals surface area contributed by atoms with Crippen molar-refractivity contribution in [1.29, 1.82) is 0 Å². The van der Waals surface area contributed by atoms with E-state index in [1.165, 1.54) is 0 Å². The highest BCUT2D eigenvalue weighted by molar-refractivity contribution is 5.85. The Morgan fingerprint density at radius 2 is 2.29 bits per heavy atom. The van der Waals surface area contributed by atoms with Gasteiger partial charge in [-0.1, -0.05) is 12.1 Å². The summed E-state index contributed by atoms with van der Waals surface area (Å²) in [5.41, 5.74) is 5.55. The van der Waals surface area contributed by atoms with E-state index in [-0.39, 0.29) is 11.9 Å². The average Bonchev–Trinajstić information content (AvgIpc) is 2.26. The van der Waals surface area contributed by atoms with Crippen molar-refractivity contribution < 1.29 is 9.94 Å². The van der Waals surface area contributed by atoms with E-state index in [0.29, 0.717) is 6.04 Å². The Morgan fingerprint density at radius 3 is 2.79 bits per heavy atom. The van der Waals surface area contributed by atoms with E-state index in [2.05, 4.69) is 10.5 Å². The molecule has 1 fully saturated rings. The monoisotopic (exact) mass is 201 g/mol. The molecule has 1 saturated heterocycles. The number of hydrogen-bond donors (Lipinski definition) is 3. The molecule has 1 aliphatic rings. The fraction of sp³-hybridized carbons (Fsp3) is 0.889. The van der Waals surface area contributed by atoms with Crippen LogP contribution in [-0.2, 0) is 4.74 Å². The third kappa shape index (κ3) is 3.16. The highest BCUT2D eigenvalue weighted by Gasteiger charge is 2.19. The quantitative estimate of drug-likeness (QED) is 0.264. The minimum atomic E-state index is -0.0249. The zero-order chi connectivity index (χ0) is 10.4. The number of ether oxygens (including phenoxy) is 1. The van der Waals surface area contributed by atoms with Crippen LogP contribution in [0.15, 0.2) is 5.16 Å². The molecule has 0 spiro atoms. The van der Waals surface area contributed by atoms with Crippen LogP contribution >= 0.6 is 0 Å². The number of oxime groups is 1. The highest BCUT2D eigenvalue weighted by Crippen LogP contribution is 2.08. The van der Waals surface area contributed by atoms with E-state index >= 15 is 0 Å². The van der Waals surface area contributed by atoms with Gasteiger partial charge >= 0.3 is 0 Å². The molecule has 5 heteroatoms. The van der Waals surface area contributed by atoms with Gasteiger partial charge in [-0.05, 0) is 19.3 Å². The maximum absolute atomic E-state index is 8.56. The van der Waals surface area contributed by atoms with E-state index < -0.39 is 0 Å². The standard InChI is InChI=1S/C9H19N3O2/c1-2-8(9(10)12-13)11-7-3-5-14-6-4-7/h7-8,11,13H,2-6H2,1H3,(H2,10,12). The maximum atomic E-state index is 8.56. The van der Waals surface area contributed by atoms with Gasteiger partial charge in [0, 0.05) is 19.3 Å². The minimum absolute atomic E-state index is 0.0249. The zero-order valence-corrected chi connectivity index (χ0v) is 8.57. The van der Waals surface area contributed by atoms with Gasteiger partial charge in [0.1, 0.15) is 0 Å².